The van der Waals surface area contributed by atoms with Gasteiger partial charge in [0, 0.05) is 11.6 Å². The molecule has 16 heavy (non-hydrogen) atoms. The molecule has 0 fully saturated rings. The average Bonchev–Trinajstić information content (AvgIpc) is 2.26. The van der Waals surface area contributed by atoms with Crippen molar-refractivity contribution in [3.8, 4) is 0 Å². The standard InChI is InChI=1S/C13H20FN.ClH/c1-3-10(4-2)9-13(15)11-7-5-6-8-12(11)14;/h5-8,10,13H,3-4,9,15H2,1-2H3;1H. The summed E-state index contributed by atoms with van der Waals surface area (Å²) in [6.07, 6.45) is 3.09. The fourth-order valence-corrected chi connectivity index (χ4v) is 1.88. The number of halogens is 2. The molecule has 1 aromatic carbocycles. The summed E-state index contributed by atoms with van der Waals surface area (Å²) in [5.74, 6) is 0.413. The molecule has 1 unspecified atom stereocenters. The van der Waals surface area contributed by atoms with Gasteiger partial charge in [-0.1, -0.05) is 44.9 Å². The second-order valence-corrected chi connectivity index (χ2v) is 4.05. The Bertz CT molecular complexity index is 300. The van der Waals surface area contributed by atoms with Crippen molar-refractivity contribution in [1.82, 2.24) is 0 Å². The van der Waals surface area contributed by atoms with Gasteiger partial charge in [-0.3, -0.25) is 0 Å². The lowest BCUT2D eigenvalue weighted by Crippen LogP contribution is -2.16. The van der Waals surface area contributed by atoms with Crippen LogP contribution in [0.3, 0.4) is 0 Å². The van der Waals surface area contributed by atoms with Gasteiger partial charge in [-0.15, -0.1) is 12.4 Å². The summed E-state index contributed by atoms with van der Waals surface area (Å²) >= 11 is 0. The minimum absolute atomic E-state index is 0. The van der Waals surface area contributed by atoms with E-state index in [0.29, 0.717) is 11.5 Å². The average molecular weight is 246 g/mol. The molecule has 2 N–H and O–H groups in total. The highest BCUT2D eigenvalue weighted by Crippen LogP contribution is 2.24. The predicted molar refractivity (Wildman–Crippen MR) is 69.3 cm³/mol. The number of nitrogens with two attached hydrogens (primary N) is 1. The molecular weight excluding hydrogens is 225 g/mol. The summed E-state index contributed by atoms with van der Waals surface area (Å²) in [7, 11) is 0. The first-order valence-corrected chi connectivity index (χ1v) is 5.69. The van der Waals surface area contributed by atoms with Crippen LogP contribution in [0.2, 0.25) is 0 Å². The highest BCUT2D eigenvalue weighted by molar-refractivity contribution is 5.85. The summed E-state index contributed by atoms with van der Waals surface area (Å²) in [4.78, 5) is 0. The normalized spacial score (nSPS) is 12.3. The van der Waals surface area contributed by atoms with Gasteiger partial charge in [-0.05, 0) is 18.4 Å². The van der Waals surface area contributed by atoms with E-state index in [1.54, 1.807) is 12.1 Å². The van der Waals surface area contributed by atoms with Gasteiger partial charge in [0.25, 0.3) is 0 Å². The number of hydrogen-bond donors (Lipinski definition) is 1. The molecule has 1 rings (SSSR count). The van der Waals surface area contributed by atoms with Gasteiger partial charge in [0.2, 0.25) is 0 Å². The third-order valence-corrected chi connectivity index (χ3v) is 3.05. The maximum absolute atomic E-state index is 13.4. The number of hydrogen-bond acceptors (Lipinski definition) is 1. The van der Waals surface area contributed by atoms with E-state index in [-0.39, 0.29) is 24.3 Å². The van der Waals surface area contributed by atoms with Crippen LogP contribution in [0.4, 0.5) is 4.39 Å². The van der Waals surface area contributed by atoms with Crippen LogP contribution < -0.4 is 5.73 Å². The van der Waals surface area contributed by atoms with Crippen LogP contribution in [0.1, 0.15) is 44.7 Å². The Morgan fingerprint density at radius 3 is 2.25 bits per heavy atom. The van der Waals surface area contributed by atoms with Crippen molar-refractivity contribution in [1.29, 1.82) is 0 Å². The highest BCUT2D eigenvalue weighted by Gasteiger charge is 2.14. The van der Waals surface area contributed by atoms with Gasteiger partial charge >= 0.3 is 0 Å². The number of rotatable bonds is 5. The van der Waals surface area contributed by atoms with Crippen molar-refractivity contribution in [3.05, 3.63) is 35.6 Å². The van der Waals surface area contributed by atoms with Crippen molar-refractivity contribution in [2.45, 2.75) is 39.2 Å². The zero-order valence-corrected chi connectivity index (χ0v) is 10.8. The molecule has 92 valence electrons. The first-order valence-electron chi connectivity index (χ1n) is 5.69. The molecule has 0 spiro atoms. The molecule has 0 aliphatic rings. The largest absolute Gasteiger partial charge is 0.324 e. The Kier molecular flexibility index (Phi) is 7.35. The Morgan fingerprint density at radius 1 is 1.19 bits per heavy atom. The molecule has 0 saturated carbocycles. The van der Waals surface area contributed by atoms with E-state index in [1.807, 2.05) is 6.07 Å². The molecule has 0 heterocycles. The van der Waals surface area contributed by atoms with Crippen molar-refractivity contribution < 1.29 is 4.39 Å². The quantitative estimate of drug-likeness (QED) is 0.831. The molecule has 0 bridgehead atoms. The monoisotopic (exact) mass is 245 g/mol. The maximum atomic E-state index is 13.4. The zero-order chi connectivity index (χ0) is 11.3. The van der Waals surface area contributed by atoms with Crippen molar-refractivity contribution >= 4 is 12.4 Å². The van der Waals surface area contributed by atoms with Gasteiger partial charge in [0.1, 0.15) is 5.82 Å². The zero-order valence-electron chi connectivity index (χ0n) is 9.95. The SMILES string of the molecule is CCC(CC)CC(N)c1ccccc1F.Cl. The van der Waals surface area contributed by atoms with E-state index in [1.165, 1.54) is 6.07 Å². The Labute approximate surface area is 104 Å². The van der Waals surface area contributed by atoms with Crippen molar-refractivity contribution in [3.63, 3.8) is 0 Å². The third-order valence-electron chi connectivity index (χ3n) is 3.05. The molecule has 1 atom stereocenters. The second-order valence-electron chi connectivity index (χ2n) is 4.05. The van der Waals surface area contributed by atoms with Crippen LogP contribution in [0.25, 0.3) is 0 Å². The number of benzene rings is 1. The first-order chi connectivity index (χ1) is 7.19. The molecular formula is C13H21ClFN. The fraction of sp³-hybridized carbons (Fsp3) is 0.538. The molecule has 1 aromatic rings. The summed E-state index contributed by atoms with van der Waals surface area (Å²) < 4.78 is 13.4. The molecule has 0 amide bonds. The van der Waals surface area contributed by atoms with E-state index in [9.17, 15) is 4.39 Å². The van der Waals surface area contributed by atoms with Crippen LogP contribution in [0.15, 0.2) is 24.3 Å². The van der Waals surface area contributed by atoms with Crippen LogP contribution in [-0.2, 0) is 0 Å². The minimum Gasteiger partial charge on any atom is -0.324 e. The smallest absolute Gasteiger partial charge is 0.127 e. The Balaban J connectivity index is 0.00000225. The van der Waals surface area contributed by atoms with Gasteiger partial charge in [-0.2, -0.15) is 0 Å². The van der Waals surface area contributed by atoms with Crippen molar-refractivity contribution in [2.24, 2.45) is 11.7 Å². The van der Waals surface area contributed by atoms with Gasteiger partial charge < -0.3 is 5.73 Å². The van der Waals surface area contributed by atoms with Crippen LogP contribution in [0, 0.1) is 11.7 Å². The molecule has 0 aliphatic heterocycles. The predicted octanol–water partition coefficient (Wildman–Crippen LogP) is 4.07. The molecule has 0 radical (unpaired) electrons. The maximum Gasteiger partial charge on any atom is 0.127 e. The van der Waals surface area contributed by atoms with E-state index in [0.717, 1.165) is 19.3 Å². The summed E-state index contributed by atoms with van der Waals surface area (Å²) in [5, 5.41) is 0. The molecule has 0 saturated heterocycles. The second kappa shape index (κ2) is 7.64. The molecule has 0 aliphatic carbocycles. The lowest BCUT2D eigenvalue weighted by Gasteiger charge is -2.18. The molecule has 1 nitrogen and oxygen atoms in total. The Morgan fingerprint density at radius 2 is 1.75 bits per heavy atom. The van der Waals surface area contributed by atoms with Gasteiger partial charge in [0.05, 0.1) is 0 Å². The molecule has 3 heteroatoms. The van der Waals surface area contributed by atoms with Crippen LogP contribution in [-0.4, -0.2) is 0 Å². The van der Waals surface area contributed by atoms with E-state index in [4.69, 9.17) is 5.73 Å². The molecule has 0 aromatic heterocycles. The summed E-state index contributed by atoms with van der Waals surface area (Å²) in [6, 6.07) is 6.62. The van der Waals surface area contributed by atoms with Crippen LogP contribution >= 0.6 is 12.4 Å². The van der Waals surface area contributed by atoms with Crippen molar-refractivity contribution in [2.75, 3.05) is 0 Å². The van der Waals surface area contributed by atoms with E-state index < -0.39 is 0 Å². The topological polar surface area (TPSA) is 26.0 Å². The van der Waals surface area contributed by atoms with Gasteiger partial charge in [-0.25, -0.2) is 4.39 Å². The minimum atomic E-state index is -0.184. The fourth-order valence-electron chi connectivity index (χ4n) is 1.88. The van der Waals surface area contributed by atoms with E-state index >= 15 is 0 Å². The summed E-state index contributed by atoms with van der Waals surface area (Å²) in [5.41, 5.74) is 6.65. The van der Waals surface area contributed by atoms with Crippen LogP contribution in [0.5, 0.6) is 0 Å². The van der Waals surface area contributed by atoms with Gasteiger partial charge in [0.15, 0.2) is 0 Å². The lowest BCUT2D eigenvalue weighted by molar-refractivity contribution is 0.407. The highest BCUT2D eigenvalue weighted by atomic mass is 35.5. The third kappa shape index (κ3) is 4.11. The lowest BCUT2D eigenvalue weighted by atomic mass is 9.91. The first kappa shape index (κ1) is 15.4. The van der Waals surface area contributed by atoms with E-state index in [2.05, 4.69) is 13.8 Å². The Hall–Kier alpha value is -0.600. The summed E-state index contributed by atoms with van der Waals surface area (Å²) in [6.45, 7) is 4.31.